The topological polar surface area (TPSA) is 46.2 Å². The molecule has 0 heterocycles. The minimum Gasteiger partial charge on any atom is -0.508 e. The summed E-state index contributed by atoms with van der Waals surface area (Å²) in [6.45, 7) is 5.26. The van der Waals surface area contributed by atoms with Crippen LogP contribution in [0.2, 0.25) is 5.02 Å². The van der Waals surface area contributed by atoms with Crippen molar-refractivity contribution >= 4 is 29.6 Å². The van der Waals surface area contributed by atoms with Crippen LogP contribution in [0.5, 0.6) is 5.75 Å². The van der Waals surface area contributed by atoms with Crippen LogP contribution in [-0.4, -0.2) is 11.7 Å². The molecule has 21 heavy (non-hydrogen) atoms. The predicted octanol–water partition coefficient (Wildman–Crippen LogP) is 4.64. The standard InChI is InChI=1S/C17H22ClNO.ClH/c1-10-16(12-5-13(18)7-14(20)6-12)15(9-19)11-3-4-17(10,2)8-11;/h5-7,11,15,20H,3-4,8-9,19H2,1-2H3;1H. The average molecular weight is 328 g/mol. The third kappa shape index (κ3) is 2.69. The summed E-state index contributed by atoms with van der Waals surface area (Å²) in [5.41, 5.74) is 10.2. The molecule has 2 aliphatic rings. The van der Waals surface area contributed by atoms with Gasteiger partial charge in [0.15, 0.2) is 0 Å². The number of phenols is 1. The van der Waals surface area contributed by atoms with Crippen LogP contribution in [0, 0.1) is 17.3 Å². The summed E-state index contributed by atoms with van der Waals surface area (Å²) in [4.78, 5) is 0. The van der Waals surface area contributed by atoms with Gasteiger partial charge in [0.25, 0.3) is 0 Å². The SMILES string of the molecule is CC1=C(c2cc(O)cc(Cl)c2)C(CN)C2CCC1(C)C2.Cl. The Hall–Kier alpha value is -0.700. The lowest BCUT2D eigenvalue weighted by Crippen LogP contribution is -2.31. The van der Waals surface area contributed by atoms with Crippen LogP contribution >= 0.6 is 24.0 Å². The van der Waals surface area contributed by atoms with Gasteiger partial charge in [-0.2, -0.15) is 0 Å². The highest BCUT2D eigenvalue weighted by Gasteiger charge is 2.46. The molecule has 3 atom stereocenters. The summed E-state index contributed by atoms with van der Waals surface area (Å²) in [6.07, 6.45) is 3.75. The van der Waals surface area contributed by atoms with E-state index in [4.69, 9.17) is 17.3 Å². The Morgan fingerprint density at radius 1 is 1.38 bits per heavy atom. The average Bonchev–Trinajstić information content (AvgIpc) is 2.73. The number of benzene rings is 1. The number of halogens is 2. The molecule has 116 valence electrons. The van der Waals surface area contributed by atoms with Gasteiger partial charge in [-0.15, -0.1) is 12.4 Å². The summed E-state index contributed by atoms with van der Waals surface area (Å²) in [7, 11) is 0. The lowest BCUT2D eigenvalue weighted by Gasteiger charge is -2.38. The molecule has 0 aromatic heterocycles. The van der Waals surface area contributed by atoms with Crippen molar-refractivity contribution in [3.8, 4) is 5.75 Å². The molecule has 2 nitrogen and oxygen atoms in total. The highest BCUT2D eigenvalue weighted by Crippen LogP contribution is 2.58. The Bertz CT molecular complexity index is 564. The van der Waals surface area contributed by atoms with Crippen LogP contribution < -0.4 is 5.73 Å². The zero-order chi connectivity index (χ0) is 14.5. The van der Waals surface area contributed by atoms with Crippen molar-refractivity contribution in [1.29, 1.82) is 0 Å². The molecule has 0 radical (unpaired) electrons. The second kappa shape index (κ2) is 5.83. The molecule has 0 spiro atoms. The van der Waals surface area contributed by atoms with E-state index in [-0.39, 0.29) is 18.2 Å². The summed E-state index contributed by atoms with van der Waals surface area (Å²) in [5.74, 6) is 1.29. The van der Waals surface area contributed by atoms with E-state index < -0.39 is 0 Å². The first-order chi connectivity index (χ1) is 9.44. The van der Waals surface area contributed by atoms with E-state index in [1.807, 2.05) is 12.1 Å². The first kappa shape index (κ1) is 16.7. The Kier molecular flexibility index (Phi) is 4.63. The third-order valence-electron chi connectivity index (χ3n) is 5.48. The van der Waals surface area contributed by atoms with Crippen molar-refractivity contribution in [3.63, 3.8) is 0 Å². The molecule has 3 N–H and O–H groups in total. The van der Waals surface area contributed by atoms with E-state index in [0.29, 0.717) is 28.8 Å². The van der Waals surface area contributed by atoms with Crippen LogP contribution in [0.15, 0.2) is 23.8 Å². The molecule has 4 heteroatoms. The lowest BCUT2D eigenvalue weighted by atomic mass is 9.67. The Morgan fingerprint density at radius 3 is 2.71 bits per heavy atom. The van der Waals surface area contributed by atoms with E-state index in [0.717, 1.165) is 5.56 Å². The normalized spacial score (nSPS) is 31.2. The number of hydrogen-bond acceptors (Lipinski definition) is 2. The fourth-order valence-electron chi connectivity index (χ4n) is 4.28. The van der Waals surface area contributed by atoms with Crippen LogP contribution in [0.1, 0.15) is 38.7 Å². The first-order valence-corrected chi connectivity index (χ1v) is 7.73. The van der Waals surface area contributed by atoms with Crippen LogP contribution in [0.25, 0.3) is 5.57 Å². The molecule has 3 rings (SSSR count). The Balaban J connectivity index is 0.00000161. The van der Waals surface area contributed by atoms with Gasteiger partial charge in [-0.3, -0.25) is 0 Å². The van der Waals surface area contributed by atoms with Crippen molar-refractivity contribution in [2.24, 2.45) is 23.0 Å². The molecule has 2 bridgehead atoms. The Labute approximate surface area is 137 Å². The van der Waals surface area contributed by atoms with Crippen LogP contribution in [-0.2, 0) is 0 Å². The van der Waals surface area contributed by atoms with Gasteiger partial charge in [0, 0.05) is 5.02 Å². The van der Waals surface area contributed by atoms with E-state index in [9.17, 15) is 5.11 Å². The fraction of sp³-hybridized carbons (Fsp3) is 0.529. The van der Waals surface area contributed by atoms with Crippen molar-refractivity contribution in [2.45, 2.75) is 33.1 Å². The molecule has 1 fully saturated rings. The molecule has 1 aromatic carbocycles. The van der Waals surface area contributed by atoms with Crippen molar-refractivity contribution in [3.05, 3.63) is 34.4 Å². The van der Waals surface area contributed by atoms with E-state index in [2.05, 4.69) is 13.8 Å². The monoisotopic (exact) mass is 327 g/mol. The van der Waals surface area contributed by atoms with Gasteiger partial charge in [-0.05, 0) is 79.3 Å². The summed E-state index contributed by atoms with van der Waals surface area (Å²) < 4.78 is 0. The lowest BCUT2D eigenvalue weighted by molar-refractivity contribution is 0.327. The summed E-state index contributed by atoms with van der Waals surface area (Å²) >= 11 is 6.12. The largest absolute Gasteiger partial charge is 0.508 e. The van der Waals surface area contributed by atoms with Gasteiger partial charge in [-0.25, -0.2) is 0 Å². The number of fused-ring (bicyclic) bond motifs is 2. The number of rotatable bonds is 2. The molecular formula is C17H23Cl2NO. The maximum atomic E-state index is 9.84. The van der Waals surface area contributed by atoms with Gasteiger partial charge in [0.2, 0.25) is 0 Å². The predicted molar refractivity (Wildman–Crippen MR) is 91.0 cm³/mol. The van der Waals surface area contributed by atoms with Crippen molar-refractivity contribution < 1.29 is 5.11 Å². The third-order valence-corrected chi connectivity index (χ3v) is 5.69. The number of aromatic hydroxyl groups is 1. The number of hydrogen-bond donors (Lipinski definition) is 2. The first-order valence-electron chi connectivity index (χ1n) is 7.36. The molecule has 0 aliphatic heterocycles. The maximum Gasteiger partial charge on any atom is 0.117 e. The van der Waals surface area contributed by atoms with Gasteiger partial charge in [0.05, 0.1) is 0 Å². The van der Waals surface area contributed by atoms with Gasteiger partial charge in [0.1, 0.15) is 5.75 Å². The molecule has 3 unspecified atom stereocenters. The molecule has 0 amide bonds. The van der Waals surface area contributed by atoms with Crippen LogP contribution in [0.4, 0.5) is 0 Å². The number of nitrogens with two attached hydrogens (primary N) is 1. The number of allylic oxidation sites excluding steroid dienone is 1. The van der Waals surface area contributed by atoms with Gasteiger partial charge in [-0.1, -0.05) is 24.1 Å². The molecule has 2 aliphatic carbocycles. The second-order valence-electron chi connectivity index (χ2n) is 6.64. The fourth-order valence-corrected chi connectivity index (χ4v) is 4.51. The zero-order valence-corrected chi connectivity index (χ0v) is 14.1. The quantitative estimate of drug-likeness (QED) is 0.831. The van der Waals surface area contributed by atoms with E-state index in [1.54, 1.807) is 6.07 Å². The van der Waals surface area contributed by atoms with Crippen molar-refractivity contribution in [2.75, 3.05) is 6.54 Å². The molecule has 1 aromatic rings. The molecular weight excluding hydrogens is 305 g/mol. The van der Waals surface area contributed by atoms with Crippen LogP contribution in [0.3, 0.4) is 0 Å². The minimum absolute atomic E-state index is 0. The second-order valence-corrected chi connectivity index (χ2v) is 7.08. The minimum atomic E-state index is 0. The highest BCUT2D eigenvalue weighted by atomic mass is 35.5. The summed E-state index contributed by atoms with van der Waals surface area (Å²) in [6, 6.07) is 5.36. The zero-order valence-electron chi connectivity index (χ0n) is 12.5. The van der Waals surface area contributed by atoms with Crippen molar-refractivity contribution in [1.82, 2.24) is 0 Å². The van der Waals surface area contributed by atoms with E-state index in [1.165, 1.54) is 30.4 Å². The Morgan fingerprint density at radius 2 is 2.10 bits per heavy atom. The molecule has 1 saturated carbocycles. The van der Waals surface area contributed by atoms with Gasteiger partial charge < -0.3 is 10.8 Å². The molecule has 0 saturated heterocycles. The van der Waals surface area contributed by atoms with E-state index >= 15 is 0 Å². The summed E-state index contributed by atoms with van der Waals surface area (Å²) in [5, 5.41) is 10.4. The smallest absolute Gasteiger partial charge is 0.117 e. The van der Waals surface area contributed by atoms with Gasteiger partial charge >= 0.3 is 0 Å². The number of phenolic OH excluding ortho intramolecular Hbond substituents is 1. The maximum absolute atomic E-state index is 9.84. The highest BCUT2D eigenvalue weighted by molar-refractivity contribution is 6.30.